The van der Waals surface area contributed by atoms with E-state index in [0.717, 1.165) is 31.0 Å². The van der Waals surface area contributed by atoms with Gasteiger partial charge in [0.2, 0.25) is 0 Å². The molecule has 1 saturated heterocycles. The van der Waals surface area contributed by atoms with Crippen molar-refractivity contribution in [3.8, 4) is 0 Å². The Balaban J connectivity index is 1.86. The predicted octanol–water partition coefficient (Wildman–Crippen LogP) is 3.25. The molecule has 1 saturated carbocycles. The summed E-state index contributed by atoms with van der Waals surface area (Å²) in [5, 5.41) is 0. The van der Waals surface area contributed by atoms with Gasteiger partial charge in [0.1, 0.15) is 5.60 Å². The van der Waals surface area contributed by atoms with Gasteiger partial charge in [-0.15, -0.1) is 0 Å². The van der Waals surface area contributed by atoms with Crippen molar-refractivity contribution in [2.45, 2.75) is 58.7 Å². The highest BCUT2D eigenvalue weighted by Crippen LogP contribution is 2.36. The van der Waals surface area contributed by atoms with E-state index in [0.29, 0.717) is 6.10 Å². The van der Waals surface area contributed by atoms with E-state index >= 15 is 0 Å². The SMILES string of the molecule is CC1CCC(C(C)C)C(OCC2(C)CO2)C1. The van der Waals surface area contributed by atoms with Crippen molar-refractivity contribution in [1.82, 2.24) is 0 Å². The molecule has 0 radical (unpaired) electrons. The quantitative estimate of drug-likeness (QED) is 0.686. The lowest BCUT2D eigenvalue weighted by Crippen LogP contribution is -2.36. The van der Waals surface area contributed by atoms with Crippen LogP contribution in [0.2, 0.25) is 0 Å². The summed E-state index contributed by atoms with van der Waals surface area (Å²) in [5.74, 6) is 2.32. The standard InChI is InChI=1S/C14H26O2/c1-10(2)12-6-5-11(3)7-13(12)15-8-14(4)9-16-14/h10-13H,5-9H2,1-4H3. The first-order valence-electron chi connectivity index (χ1n) is 6.76. The van der Waals surface area contributed by atoms with Crippen LogP contribution in [-0.2, 0) is 9.47 Å². The molecule has 1 aliphatic heterocycles. The molecule has 0 spiro atoms. The Morgan fingerprint density at radius 1 is 1.38 bits per heavy atom. The van der Waals surface area contributed by atoms with Crippen LogP contribution in [0.1, 0.15) is 47.0 Å². The van der Waals surface area contributed by atoms with Gasteiger partial charge in [-0.2, -0.15) is 0 Å². The van der Waals surface area contributed by atoms with Gasteiger partial charge in [0.15, 0.2) is 0 Å². The van der Waals surface area contributed by atoms with Gasteiger partial charge < -0.3 is 9.47 Å². The maximum absolute atomic E-state index is 6.13. The lowest BCUT2D eigenvalue weighted by atomic mass is 9.75. The largest absolute Gasteiger partial charge is 0.375 e. The Morgan fingerprint density at radius 3 is 2.62 bits per heavy atom. The zero-order valence-corrected chi connectivity index (χ0v) is 11.2. The van der Waals surface area contributed by atoms with Crippen LogP contribution in [0.5, 0.6) is 0 Å². The van der Waals surface area contributed by atoms with E-state index in [2.05, 4.69) is 27.7 Å². The zero-order chi connectivity index (χ0) is 11.8. The average Bonchev–Trinajstić information content (AvgIpc) is 2.94. The molecule has 2 nitrogen and oxygen atoms in total. The molecular weight excluding hydrogens is 200 g/mol. The molecule has 0 aromatic heterocycles. The van der Waals surface area contributed by atoms with E-state index in [1.807, 2.05) is 0 Å². The monoisotopic (exact) mass is 226 g/mol. The Morgan fingerprint density at radius 2 is 2.06 bits per heavy atom. The Hall–Kier alpha value is -0.0800. The van der Waals surface area contributed by atoms with Crippen molar-refractivity contribution in [1.29, 1.82) is 0 Å². The van der Waals surface area contributed by atoms with Crippen molar-refractivity contribution < 1.29 is 9.47 Å². The van der Waals surface area contributed by atoms with Gasteiger partial charge in [-0.25, -0.2) is 0 Å². The van der Waals surface area contributed by atoms with E-state index in [9.17, 15) is 0 Å². The first-order valence-corrected chi connectivity index (χ1v) is 6.76. The minimum absolute atomic E-state index is 0.0439. The van der Waals surface area contributed by atoms with Crippen molar-refractivity contribution in [2.24, 2.45) is 17.8 Å². The molecule has 1 aliphatic carbocycles. The normalized spacial score (nSPS) is 43.7. The molecule has 0 amide bonds. The first kappa shape index (κ1) is 12.4. The van der Waals surface area contributed by atoms with Crippen LogP contribution >= 0.6 is 0 Å². The zero-order valence-electron chi connectivity index (χ0n) is 11.2. The van der Waals surface area contributed by atoms with E-state index in [1.54, 1.807) is 0 Å². The highest BCUT2D eigenvalue weighted by molar-refractivity contribution is 4.88. The summed E-state index contributed by atoms with van der Waals surface area (Å²) < 4.78 is 11.5. The van der Waals surface area contributed by atoms with Gasteiger partial charge in [-0.05, 0) is 37.5 Å². The van der Waals surface area contributed by atoms with Gasteiger partial charge in [-0.1, -0.05) is 27.2 Å². The molecule has 2 heteroatoms. The van der Waals surface area contributed by atoms with E-state index in [-0.39, 0.29) is 5.60 Å². The summed E-state index contributed by atoms with van der Waals surface area (Å²) in [6.07, 6.45) is 4.40. The minimum atomic E-state index is 0.0439. The Labute approximate surface area is 99.7 Å². The third-order valence-corrected chi connectivity index (χ3v) is 4.20. The van der Waals surface area contributed by atoms with Crippen molar-refractivity contribution in [3.05, 3.63) is 0 Å². The Bertz CT molecular complexity index is 233. The van der Waals surface area contributed by atoms with Gasteiger partial charge in [0, 0.05) is 0 Å². The number of hydrogen-bond acceptors (Lipinski definition) is 2. The molecule has 2 fully saturated rings. The Kier molecular flexibility index (Phi) is 3.60. The molecule has 0 aromatic rings. The highest BCUT2D eigenvalue weighted by Gasteiger charge is 2.41. The van der Waals surface area contributed by atoms with Crippen LogP contribution in [0.15, 0.2) is 0 Å². The van der Waals surface area contributed by atoms with Crippen LogP contribution < -0.4 is 0 Å². The third-order valence-electron chi connectivity index (χ3n) is 4.20. The molecule has 4 atom stereocenters. The molecule has 4 unspecified atom stereocenters. The maximum Gasteiger partial charge on any atom is 0.112 e. The van der Waals surface area contributed by atoms with E-state index in [1.165, 1.54) is 19.3 Å². The van der Waals surface area contributed by atoms with Gasteiger partial charge >= 0.3 is 0 Å². The van der Waals surface area contributed by atoms with Crippen molar-refractivity contribution in [2.75, 3.05) is 13.2 Å². The molecule has 0 bridgehead atoms. The molecule has 2 aliphatic rings. The number of ether oxygens (including phenoxy) is 2. The second kappa shape index (κ2) is 4.66. The highest BCUT2D eigenvalue weighted by atomic mass is 16.6. The van der Waals surface area contributed by atoms with Crippen LogP contribution in [0.25, 0.3) is 0 Å². The second-order valence-corrected chi connectivity index (χ2v) is 6.41. The molecule has 94 valence electrons. The van der Waals surface area contributed by atoms with E-state index in [4.69, 9.17) is 9.47 Å². The maximum atomic E-state index is 6.13. The van der Waals surface area contributed by atoms with Crippen LogP contribution in [0, 0.1) is 17.8 Å². The van der Waals surface area contributed by atoms with Crippen LogP contribution in [0.4, 0.5) is 0 Å². The smallest absolute Gasteiger partial charge is 0.112 e. The second-order valence-electron chi connectivity index (χ2n) is 6.41. The summed E-state index contributed by atoms with van der Waals surface area (Å²) in [4.78, 5) is 0. The van der Waals surface area contributed by atoms with Gasteiger partial charge in [0.25, 0.3) is 0 Å². The summed E-state index contributed by atoms with van der Waals surface area (Å²) in [7, 11) is 0. The summed E-state index contributed by atoms with van der Waals surface area (Å²) in [6, 6.07) is 0. The predicted molar refractivity (Wildman–Crippen MR) is 65.4 cm³/mol. The average molecular weight is 226 g/mol. The first-order chi connectivity index (χ1) is 7.50. The summed E-state index contributed by atoms with van der Waals surface area (Å²) in [5.41, 5.74) is 0.0439. The molecule has 0 N–H and O–H groups in total. The van der Waals surface area contributed by atoms with Gasteiger partial charge in [-0.3, -0.25) is 0 Å². The van der Waals surface area contributed by atoms with Crippen LogP contribution in [-0.4, -0.2) is 24.9 Å². The fourth-order valence-electron chi connectivity index (χ4n) is 2.80. The van der Waals surface area contributed by atoms with Crippen molar-refractivity contribution >= 4 is 0 Å². The lowest BCUT2D eigenvalue weighted by molar-refractivity contribution is -0.0541. The van der Waals surface area contributed by atoms with Crippen LogP contribution in [0.3, 0.4) is 0 Å². The lowest BCUT2D eigenvalue weighted by Gasteiger charge is -2.37. The van der Waals surface area contributed by atoms with Gasteiger partial charge in [0.05, 0.1) is 19.3 Å². The van der Waals surface area contributed by atoms with E-state index < -0.39 is 0 Å². The number of rotatable bonds is 4. The summed E-state index contributed by atoms with van der Waals surface area (Å²) in [6.45, 7) is 10.8. The fourth-order valence-corrected chi connectivity index (χ4v) is 2.80. The summed E-state index contributed by atoms with van der Waals surface area (Å²) >= 11 is 0. The molecule has 1 heterocycles. The molecule has 16 heavy (non-hydrogen) atoms. The molecule has 2 rings (SSSR count). The minimum Gasteiger partial charge on any atom is -0.375 e. The molecular formula is C14H26O2. The topological polar surface area (TPSA) is 21.8 Å². The number of hydrogen-bond donors (Lipinski definition) is 0. The fraction of sp³-hybridized carbons (Fsp3) is 1.00. The third kappa shape index (κ3) is 2.98. The van der Waals surface area contributed by atoms with Crippen molar-refractivity contribution in [3.63, 3.8) is 0 Å². The number of epoxide rings is 1. The molecule has 0 aromatic carbocycles.